The summed E-state index contributed by atoms with van der Waals surface area (Å²) in [4.78, 5) is 27.9. The number of aromatic nitrogens is 1. The van der Waals surface area contributed by atoms with Gasteiger partial charge in [0.1, 0.15) is 0 Å². The number of fused-ring (bicyclic) bond motifs is 1. The molecular formula is C16H13N3O3. The third-order valence-electron chi connectivity index (χ3n) is 3.15. The third kappa shape index (κ3) is 2.59. The van der Waals surface area contributed by atoms with Crippen LogP contribution in [0.2, 0.25) is 0 Å². The molecule has 0 bridgehead atoms. The van der Waals surface area contributed by atoms with Gasteiger partial charge in [-0.1, -0.05) is 24.3 Å². The van der Waals surface area contributed by atoms with Crippen molar-refractivity contribution in [2.75, 3.05) is 11.9 Å². The summed E-state index contributed by atoms with van der Waals surface area (Å²) in [6.45, 7) is -0.135. The molecule has 110 valence electrons. The molecule has 0 atom stereocenters. The molecule has 0 fully saturated rings. The average Bonchev–Trinajstić information content (AvgIpc) is 2.55. The molecule has 0 unspecified atom stereocenters. The largest absolute Gasteiger partial charge is 0.403 e. The Labute approximate surface area is 125 Å². The van der Waals surface area contributed by atoms with Gasteiger partial charge in [0, 0.05) is 0 Å². The molecule has 0 saturated heterocycles. The van der Waals surface area contributed by atoms with Crippen molar-refractivity contribution in [3.05, 3.63) is 59.0 Å². The Morgan fingerprint density at radius 2 is 1.86 bits per heavy atom. The van der Waals surface area contributed by atoms with Gasteiger partial charge in [0.25, 0.3) is 0 Å². The molecule has 0 aliphatic heterocycles. The lowest BCUT2D eigenvalue weighted by atomic mass is 10.1. The van der Waals surface area contributed by atoms with Crippen molar-refractivity contribution in [2.24, 2.45) is 5.73 Å². The van der Waals surface area contributed by atoms with E-state index in [9.17, 15) is 9.59 Å². The number of rotatable bonds is 3. The topological polar surface area (TPSA) is 98.2 Å². The SMILES string of the molecule is NCC(=O)Nc1ccccc1-c1nc2ccccc2c(=O)o1. The van der Waals surface area contributed by atoms with Gasteiger partial charge in [0.2, 0.25) is 11.8 Å². The van der Waals surface area contributed by atoms with Gasteiger partial charge in [-0.25, -0.2) is 9.78 Å². The minimum Gasteiger partial charge on any atom is -0.403 e. The lowest BCUT2D eigenvalue weighted by Gasteiger charge is -2.09. The molecule has 3 N–H and O–H groups in total. The minimum absolute atomic E-state index is 0.135. The lowest BCUT2D eigenvalue weighted by molar-refractivity contribution is -0.114. The zero-order chi connectivity index (χ0) is 15.5. The van der Waals surface area contributed by atoms with Gasteiger partial charge < -0.3 is 15.5 Å². The monoisotopic (exact) mass is 295 g/mol. The van der Waals surface area contributed by atoms with Crippen molar-refractivity contribution < 1.29 is 9.21 Å². The van der Waals surface area contributed by atoms with E-state index in [-0.39, 0.29) is 18.3 Å². The van der Waals surface area contributed by atoms with Crippen LogP contribution in [0, 0.1) is 0 Å². The summed E-state index contributed by atoms with van der Waals surface area (Å²) in [7, 11) is 0. The first-order valence-corrected chi connectivity index (χ1v) is 6.68. The van der Waals surface area contributed by atoms with Crippen LogP contribution in [0.5, 0.6) is 0 Å². The third-order valence-corrected chi connectivity index (χ3v) is 3.15. The second kappa shape index (κ2) is 5.79. The Morgan fingerprint density at radius 1 is 1.14 bits per heavy atom. The summed E-state index contributed by atoms with van der Waals surface area (Å²) in [5, 5.41) is 3.07. The van der Waals surface area contributed by atoms with Gasteiger partial charge in [0.05, 0.1) is 28.7 Å². The smallest absolute Gasteiger partial charge is 0.347 e. The first-order valence-electron chi connectivity index (χ1n) is 6.68. The molecular weight excluding hydrogens is 282 g/mol. The van der Waals surface area contributed by atoms with Crippen LogP contribution in [0.3, 0.4) is 0 Å². The average molecular weight is 295 g/mol. The highest BCUT2D eigenvalue weighted by Gasteiger charge is 2.13. The molecule has 6 heteroatoms. The lowest BCUT2D eigenvalue weighted by Crippen LogP contribution is -2.22. The van der Waals surface area contributed by atoms with E-state index in [0.29, 0.717) is 22.2 Å². The summed E-state index contributed by atoms with van der Waals surface area (Å²) >= 11 is 0. The predicted octanol–water partition coefficient (Wildman–Crippen LogP) is 1.75. The number of benzene rings is 2. The maximum Gasteiger partial charge on any atom is 0.347 e. The molecule has 22 heavy (non-hydrogen) atoms. The van der Waals surface area contributed by atoms with E-state index in [1.54, 1.807) is 48.5 Å². The number of hydrogen-bond acceptors (Lipinski definition) is 5. The van der Waals surface area contributed by atoms with Crippen molar-refractivity contribution in [1.82, 2.24) is 4.98 Å². The molecule has 6 nitrogen and oxygen atoms in total. The van der Waals surface area contributed by atoms with Gasteiger partial charge in [-0.3, -0.25) is 4.79 Å². The van der Waals surface area contributed by atoms with Crippen molar-refractivity contribution in [2.45, 2.75) is 0 Å². The summed E-state index contributed by atoms with van der Waals surface area (Å²) in [5.41, 5.74) is 6.38. The van der Waals surface area contributed by atoms with Crippen molar-refractivity contribution in [3.8, 4) is 11.5 Å². The number of amides is 1. The fourth-order valence-electron chi connectivity index (χ4n) is 2.11. The molecule has 0 radical (unpaired) electrons. The number of nitrogens with one attached hydrogen (secondary N) is 1. The maximum absolute atomic E-state index is 12.0. The van der Waals surface area contributed by atoms with Crippen LogP contribution in [0.15, 0.2) is 57.7 Å². The fourth-order valence-corrected chi connectivity index (χ4v) is 2.11. The first kappa shape index (κ1) is 14.0. The number of para-hydroxylation sites is 2. The van der Waals surface area contributed by atoms with Crippen LogP contribution in [0.4, 0.5) is 5.69 Å². The van der Waals surface area contributed by atoms with Crippen molar-refractivity contribution in [1.29, 1.82) is 0 Å². The number of anilines is 1. The van der Waals surface area contributed by atoms with E-state index < -0.39 is 5.63 Å². The fraction of sp³-hybridized carbons (Fsp3) is 0.0625. The first-order chi connectivity index (χ1) is 10.7. The van der Waals surface area contributed by atoms with Gasteiger partial charge in [-0.05, 0) is 24.3 Å². The van der Waals surface area contributed by atoms with Gasteiger partial charge in [-0.15, -0.1) is 0 Å². The number of nitrogens with zero attached hydrogens (tertiary/aromatic N) is 1. The van der Waals surface area contributed by atoms with Crippen LogP contribution < -0.4 is 16.7 Å². The van der Waals surface area contributed by atoms with E-state index in [2.05, 4.69) is 10.3 Å². The second-order valence-corrected chi connectivity index (χ2v) is 4.62. The maximum atomic E-state index is 12.0. The predicted molar refractivity (Wildman–Crippen MR) is 83.4 cm³/mol. The normalized spacial score (nSPS) is 10.6. The van der Waals surface area contributed by atoms with E-state index in [0.717, 1.165) is 0 Å². The molecule has 3 rings (SSSR count). The highest BCUT2D eigenvalue weighted by Crippen LogP contribution is 2.26. The van der Waals surface area contributed by atoms with E-state index in [1.807, 2.05) is 0 Å². The summed E-state index contributed by atoms with van der Waals surface area (Å²) < 4.78 is 5.28. The van der Waals surface area contributed by atoms with E-state index in [1.165, 1.54) is 0 Å². The molecule has 1 aromatic heterocycles. The summed E-state index contributed by atoms with van der Waals surface area (Å²) in [6.07, 6.45) is 0. The van der Waals surface area contributed by atoms with Crippen LogP contribution in [-0.2, 0) is 4.79 Å². The number of nitrogens with two attached hydrogens (primary N) is 1. The van der Waals surface area contributed by atoms with Crippen LogP contribution in [0.1, 0.15) is 0 Å². The highest BCUT2D eigenvalue weighted by atomic mass is 16.4. The van der Waals surface area contributed by atoms with E-state index >= 15 is 0 Å². The van der Waals surface area contributed by atoms with Gasteiger partial charge in [0.15, 0.2) is 0 Å². The number of carbonyl (C=O) groups is 1. The minimum atomic E-state index is -0.472. The highest BCUT2D eigenvalue weighted by molar-refractivity contribution is 5.95. The Bertz CT molecular complexity index is 902. The van der Waals surface area contributed by atoms with Crippen molar-refractivity contribution in [3.63, 3.8) is 0 Å². The van der Waals surface area contributed by atoms with Crippen LogP contribution >= 0.6 is 0 Å². The second-order valence-electron chi connectivity index (χ2n) is 4.62. The Kier molecular flexibility index (Phi) is 3.67. The molecule has 0 spiro atoms. The van der Waals surface area contributed by atoms with Gasteiger partial charge >= 0.3 is 5.63 Å². The van der Waals surface area contributed by atoms with E-state index in [4.69, 9.17) is 10.2 Å². The Balaban J connectivity index is 2.16. The molecule has 3 aromatic rings. The Hall–Kier alpha value is -2.99. The quantitative estimate of drug-likeness (QED) is 0.767. The van der Waals surface area contributed by atoms with Crippen LogP contribution in [0.25, 0.3) is 22.4 Å². The Morgan fingerprint density at radius 3 is 2.68 bits per heavy atom. The zero-order valence-electron chi connectivity index (χ0n) is 11.6. The summed E-state index contributed by atoms with van der Waals surface area (Å²) in [6, 6.07) is 13.9. The summed E-state index contributed by atoms with van der Waals surface area (Å²) in [5.74, 6) is -0.188. The molecule has 0 aliphatic carbocycles. The van der Waals surface area contributed by atoms with Crippen LogP contribution in [-0.4, -0.2) is 17.4 Å². The molecule has 1 amide bonds. The molecule has 2 aromatic carbocycles. The van der Waals surface area contributed by atoms with Gasteiger partial charge in [-0.2, -0.15) is 0 Å². The molecule has 1 heterocycles. The standard InChI is InChI=1S/C16H13N3O3/c17-9-14(20)18-12-7-3-1-5-10(12)15-19-13-8-4-2-6-11(13)16(21)22-15/h1-8H,9,17H2,(H,18,20). The number of hydrogen-bond donors (Lipinski definition) is 2. The zero-order valence-corrected chi connectivity index (χ0v) is 11.6. The number of carbonyl (C=O) groups excluding carboxylic acids is 1. The van der Waals surface area contributed by atoms with Crippen molar-refractivity contribution >= 4 is 22.5 Å². The molecule has 0 saturated carbocycles. The molecule has 0 aliphatic rings.